The number of hydrogen-bond acceptors (Lipinski definition) is 5. The van der Waals surface area contributed by atoms with Gasteiger partial charge in [0, 0.05) is 5.39 Å². The maximum Gasteiger partial charge on any atom is 0.489 e. The highest BCUT2D eigenvalue weighted by atomic mass is 32.2. The fourth-order valence-electron chi connectivity index (χ4n) is 2.55. The number of aryl methyl sites for hydroxylation is 2. The molecule has 0 aliphatic rings. The van der Waals surface area contributed by atoms with Crippen LogP contribution in [-0.2, 0) is 10.0 Å². The van der Waals surface area contributed by atoms with Crippen molar-refractivity contribution in [3.8, 4) is 0 Å². The average Bonchev–Trinajstić information content (AvgIpc) is 2.91. The fourth-order valence-corrected chi connectivity index (χ4v) is 3.82. The molecule has 0 spiro atoms. The minimum Gasteiger partial charge on any atom is -0.423 e. The molecule has 0 atom stereocenters. The van der Waals surface area contributed by atoms with Gasteiger partial charge >= 0.3 is 7.12 Å². The van der Waals surface area contributed by atoms with Gasteiger partial charge in [-0.2, -0.15) is 17.6 Å². The molecule has 2 aromatic carbocycles. The second-order valence-electron chi connectivity index (χ2n) is 5.41. The summed E-state index contributed by atoms with van der Waals surface area (Å²) in [6, 6.07) is 9.72. The van der Waals surface area contributed by atoms with E-state index in [0.717, 1.165) is 9.65 Å². The van der Waals surface area contributed by atoms with Crippen LogP contribution in [0.2, 0.25) is 0 Å². The van der Waals surface area contributed by atoms with Crippen LogP contribution in [0.4, 0.5) is 0 Å². The number of rotatable bonds is 3. The second-order valence-corrected chi connectivity index (χ2v) is 7.18. The van der Waals surface area contributed by atoms with Gasteiger partial charge in [0.05, 0.1) is 16.6 Å². The molecule has 8 heteroatoms. The Morgan fingerprint density at radius 3 is 2.30 bits per heavy atom. The molecule has 1 heterocycles. The van der Waals surface area contributed by atoms with E-state index in [4.69, 9.17) is 0 Å². The van der Waals surface area contributed by atoms with E-state index in [2.05, 4.69) is 5.10 Å². The Labute approximate surface area is 134 Å². The molecular formula is C15H15BN2O4S. The lowest BCUT2D eigenvalue weighted by atomic mass is 9.75. The van der Waals surface area contributed by atoms with Crippen LogP contribution < -0.4 is 5.46 Å². The largest absolute Gasteiger partial charge is 0.489 e. The number of fused-ring (bicyclic) bond motifs is 1. The summed E-state index contributed by atoms with van der Waals surface area (Å²) in [5.74, 6) is 0. The molecule has 0 aliphatic heterocycles. The van der Waals surface area contributed by atoms with Gasteiger partial charge < -0.3 is 10.0 Å². The molecule has 0 unspecified atom stereocenters. The van der Waals surface area contributed by atoms with Crippen LogP contribution in [0.5, 0.6) is 0 Å². The SMILES string of the molecule is Cc1ccc(S(=O)(=O)n2ncc3c(B(O)O)c(C)ccc32)cc1. The normalized spacial score (nSPS) is 11.8. The standard InChI is InChI=1S/C15H15BN2O4S/c1-10-3-6-12(7-4-10)23(21,22)18-14-8-5-11(2)15(16(19)20)13(14)9-17-18/h3-9,19-20H,1-2H3. The lowest BCUT2D eigenvalue weighted by molar-refractivity contribution is 0.426. The average molecular weight is 330 g/mol. The molecule has 0 radical (unpaired) electrons. The lowest BCUT2D eigenvalue weighted by Gasteiger charge is -2.09. The van der Waals surface area contributed by atoms with E-state index < -0.39 is 17.1 Å². The molecule has 0 saturated heterocycles. The van der Waals surface area contributed by atoms with Gasteiger partial charge in [0.15, 0.2) is 0 Å². The topological polar surface area (TPSA) is 92.4 Å². The number of hydrogen-bond donors (Lipinski definition) is 2. The second kappa shape index (κ2) is 5.49. The summed E-state index contributed by atoms with van der Waals surface area (Å²) in [6.07, 6.45) is 1.34. The lowest BCUT2D eigenvalue weighted by Crippen LogP contribution is -2.32. The Hall–Kier alpha value is -2.16. The summed E-state index contributed by atoms with van der Waals surface area (Å²) in [5, 5.41) is 23.4. The van der Waals surface area contributed by atoms with E-state index in [1.54, 1.807) is 31.2 Å². The third kappa shape index (κ3) is 2.54. The highest BCUT2D eigenvalue weighted by Crippen LogP contribution is 2.20. The van der Waals surface area contributed by atoms with E-state index in [9.17, 15) is 18.5 Å². The zero-order chi connectivity index (χ0) is 16.8. The van der Waals surface area contributed by atoms with Gasteiger partial charge in [-0.1, -0.05) is 29.3 Å². The summed E-state index contributed by atoms with van der Waals surface area (Å²) in [4.78, 5) is 0.125. The van der Waals surface area contributed by atoms with E-state index >= 15 is 0 Å². The predicted octanol–water partition coefficient (Wildman–Crippen LogP) is 0.570. The monoisotopic (exact) mass is 330 g/mol. The maximum absolute atomic E-state index is 12.8. The van der Waals surface area contributed by atoms with E-state index in [1.807, 2.05) is 6.92 Å². The fraction of sp³-hybridized carbons (Fsp3) is 0.133. The molecule has 23 heavy (non-hydrogen) atoms. The molecular weight excluding hydrogens is 315 g/mol. The van der Waals surface area contributed by atoms with Gasteiger partial charge in [0.2, 0.25) is 0 Å². The van der Waals surface area contributed by atoms with Crippen molar-refractivity contribution < 1.29 is 18.5 Å². The molecule has 0 amide bonds. The quantitative estimate of drug-likeness (QED) is 0.685. The minimum atomic E-state index is -3.85. The Balaban J connectivity index is 2.25. The highest BCUT2D eigenvalue weighted by molar-refractivity contribution is 7.90. The Bertz CT molecular complexity index is 979. The first-order valence-electron chi connectivity index (χ1n) is 6.98. The zero-order valence-corrected chi connectivity index (χ0v) is 13.4. The van der Waals surface area contributed by atoms with Gasteiger partial charge in [0.25, 0.3) is 10.0 Å². The smallest absolute Gasteiger partial charge is 0.423 e. The van der Waals surface area contributed by atoms with Crippen molar-refractivity contribution in [3.05, 3.63) is 53.7 Å². The molecule has 1 aromatic heterocycles. The van der Waals surface area contributed by atoms with Crippen molar-refractivity contribution in [2.45, 2.75) is 18.7 Å². The summed E-state index contributed by atoms with van der Waals surface area (Å²) in [7, 11) is -5.55. The van der Waals surface area contributed by atoms with E-state index in [-0.39, 0.29) is 10.4 Å². The van der Waals surface area contributed by atoms with Crippen LogP contribution in [0.25, 0.3) is 10.9 Å². The Morgan fingerprint density at radius 2 is 1.70 bits per heavy atom. The van der Waals surface area contributed by atoms with Crippen molar-refractivity contribution in [1.82, 2.24) is 9.19 Å². The van der Waals surface area contributed by atoms with Crippen LogP contribution in [0, 0.1) is 13.8 Å². The van der Waals surface area contributed by atoms with E-state index in [0.29, 0.717) is 16.5 Å². The molecule has 0 saturated carbocycles. The summed E-state index contributed by atoms with van der Waals surface area (Å²) >= 11 is 0. The summed E-state index contributed by atoms with van der Waals surface area (Å²) in [6.45, 7) is 3.59. The van der Waals surface area contributed by atoms with Gasteiger partial charge in [-0.3, -0.25) is 0 Å². The third-order valence-electron chi connectivity index (χ3n) is 3.78. The van der Waals surface area contributed by atoms with Crippen LogP contribution in [0.1, 0.15) is 11.1 Å². The Kier molecular flexibility index (Phi) is 3.75. The molecule has 6 nitrogen and oxygen atoms in total. The van der Waals surface area contributed by atoms with Crippen LogP contribution in [-0.4, -0.2) is 34.8 Å². The van der Waals surface area contributed by atoms with Crippen LogP contribution in [0.3, 0.4) is 0 Å². The maximum atomic E-state index is 12.8. The first-order valence-corrected chi connectivity index (χ1v) is 8.42. The molecule has 0 fully saturated rings. The van der Waals surface area contributed by atoms with Crippen LogP contribution >= 0.6 is 0 Å². The molecule has 118 valence electrons. The van der Waals surface area contributed by atoms with Crippen molar-refractivity contribution in [3.63, 3.8) is 0 Å². The minimum absolute atomic E-state index is 0.125. The number of nitrogens with zero attached hydrogens (tertiary/aromatic N) is 2. The molecule has 0 bridgehead atoms. The van der Waals surface area contributed by atoms with Crippen molar-refractivity contribution in [1.29, 1.82) is 0 Å². The zero-order valence-electron chi connectivity index (χ0n) is 12.6. The van der Waals surface area contributed by atoms with Crippen molar-refractivity contribution in [2.24, 2.45) is 0 Å². The third-order valence-corrected chi connectivity index (χ3v) is 5.40. The predicted molar refractivity (Wildman–Crippen MR) is 88.1 cm³/mol. The van der Waals surface area contributed by atoms with Gasteiger partial charge in [-0.15, -0.1) is 0 Å². The van der Waals surface area contributed by atoms with Gasteiger partial charge in [-0.25, -0.2) is 0 Å². The molecule has 3 rings (SSSR count). The molecule has 0 aliphatic carbocycles. The van der Waals surface area contributed by atoms with Gasteiger partial charge in [0.1, 0.15) is 0 Å². The first kappa shape index (κ1) is 15.7. The summed E-state index contributed by atoms with van der Waals surface area (Å²) < 4.78 is 26.4. The Morgan fingerprint density at radius 1 is 1.04 bits per heavy atom. The van der Waals surface area contributed by atoms with Crippen molar-refractivity contribution >= 4 is 33.5 Å². The van der Waals surface area contributed by atoms with E-state index in [1.165, 1.54) is 18.3 Å². The van der Waals surface area contributed by atoms with Crippen LogP contribution in [0.15, 0.2) is 47.5 Å². The van der Waals surface area contributed by atoms with Gasteiger partial charge in [-0.05, 0) is 37.5 Å². The number of aromatic nitrogens is 2. The highest BCUT2D eigenvalue weighted by Gasteiger charge is 2.24. The van der Waals surface area contributed by atoms with Crippen molar-refractivity contribution in [2.75, 3.05) is 0 Å². The number of benzene rings is 2. The summed E-state index contributed by atoms with van der Waals surface area (Å²) in [5.41, 5.74) is 2.17. The first-order chi connectivity index (χ1) is 10.8. The molecule has 2 N–H and O–H groups in total. The molecule has 3 aromatic rings.